The van der Waals surface area contributed by atoms with Gasteiger partial charge in [-0.3, -0.25) is 14.2 Å². The summed E-state index contributed by atoms with van der Waals surface area (Å²) >= 11 is 0. The third-order valence-corrected chi connectivity index (χ3v) is 14.6. The van der Waals surface area contributed by atoms with Crippen LogP contribution in [0.2, 0.25) is 0 Å². The van der Waals surface area contributed by atoms with Gasteiger partial charge < -0.3 is 27.9 Å². The first-order valence-corrected chi connectivity index (χ1v) is 32.2. The summed E-state index contributed by atoms with van der Waals surface area (Å²) < 4.78 is 34.2. The first-order valence-electron chi connectivity index (χ1n) is 30.7. The van der Waals surface area contributed by atoms with Gasteiger partial charge in [-0.15, -0.1) is 0 Å². The summed E-state index contributed by atoms with van der Waals surface area (Å²) in [4.78, 5) is 37.9. The third-order valence-electron chi connectivity index (χ3n) is 13.6. The number of ether oxygens (including phenoxy) is 2. The highest BCUT2D eigenvalue weighted by Gasteiger charge is 2.22. The van der Waals surface area contributed by atoms with Crippen molar-refractivity contribution in [3.8, 4) is 0 Å². The smallest absolute Gasteiger partial charge is 0.306 e. The normalized spacial score (nSPS) is 13.5. The van der Waals surface area contributed by atoms with Crippen LogP contribution >= 0.6 is 7.82 Å². The van der Waals surface area contributed by atoms with Crippen molar-refractivity contribution in [2.24, 2.45) is 0 Å². The maximum absolute atomic E-state index is 12.8. The number of carbonyl (C=O) groups excluding carboxylic acids is 2. The van der Waals surface area contributed by atoms with Crippen LogP contribution in [0, 0.1) is 0 Å². The molecule has 0 heterocycles. The van der Waals surface area contributed by atoms with Gasteiger partial charge >= 0.3 is 11.9 Å². The molecule has 0 radical (unpaired) electrons. The number of esters is 2. The van der Waals surface area contributed by atoms with Gasteiger partial charge in [-0.2, -0.15) is 0 Å². The van der Waals surface area contributed by atoms with Crippen LogP contribution in [0.5, 0.6) is 0 Å². The largest absolute Gasteiger partial charge is 0.756 e. The Hall–Kier alpha value is -1.77. The SMILES string of the molecule is CCCCC/C=C\C/C=C\CCCCCCCCCCCC(=O)OC(COC(=O)CCCCCCCCCCCCCCCCCCC/C=C\CCCCCCCCCC)COP(=O)([O-])OCC[N+](C)(C)C. The first-order chi connectivity index (χ1) is 35.0. The molecule has 0 aliphatic heterocycles. The highest BCUT2D eigenvalue weighted by atomic mass is 31.2. The minimum Gasteiger partial charge on any atom is -0.756 e. The number of allylic oxidation sites excluding steroid dienone is 6. The number of unbranched alkanes of at least 4 members (excludes halogenated alkanes) is 37. The Kier molecular flexibility index (Phi) is 52.7. The van der Waals surface area contributed by atoms with Gasteiger partial charge in [0.25, 0.3) is 7.82 Å². The van der Waals surface area contributed by atoms with Gasteiger partial charge in [0.05, 0.1) is 27.7 Å². The highest BCUT2D eigenvalue weighted by molar-refractivity contribution is 7.45. The van der Waals surface area contributed by atoms with Gasteiger partial charge in [0.2, 0.25) is 0 Å². The fourth-order valence-corrected chi connectivity index (χ4v) is 9.59. The maximum atomic E-state index is 12.8. The number of nitrogens with zero attached hydrogens (tertiary/aromatic N) is 1. The molecule has 0 aromatic rings. The summed E-state index contributed by atoms with van der Waals surface area (Å²) in [6.07, 6.45) is 66.3. The van der Waals surface area contributed by atoms with Crippen LogP contribution in [0.3, 0.4) is 0 Å². The fraction of sp³-hybridized carbons (Fsp3) is 0.871. The van der Waals surface area contributed by atoms with Gasteiger partial charge in [0.15, 0.2) is 6.10 Å². The Morgan fingerprint density at radius 3 is 1.14 bits per heavy atom. The van der Waals surface area contributed by atoms with Crippen LogP contribution in [0.4, 0.5) is 0 Å². The number of rotatable bonds is 57. The van der Waals surface area contributed by atoms with Crippen LogP contribution in [0.15, 0.2) is 36.5 Å². The van der Waals surface area contributed by atoms with Crippen molar-refractivity contribution in [1.29, 1.82) is 0 Å². The molecule has 0 fully saturated rings. The number of hydrogen-bond acceptors (Lipinski definition) is 8. The monoisotopic (exact) mass is 1040 g/mol. The van der Waals surface area contributed by atoms with E-state index in [0.29, 0.717) is 17.4 Å². The molecule has 0 aromatic heterocycles. The summed E-state index contributed by atoms with van der Waals surface area (Å²) in [5.74, 6) is -0.825. The summed E-state index contributed by atoms with van der Waals surface area (Å²) in [5.41, 5.74) is 0. The summed E-state index contributed by atoms with van der Waals surface area (Å²) in [5, 5.41) is 0. The van der Waals surface area contributed by atoms with Gasteiger partial charge in [-0.05, 0) is 70.6 Å². The molecule has 0 aromatic carbocycles. The van der Waals surface area contributed by atoms with Crippen LogP contribution in [0.25, 0.3) is 0 Å². The molecule has 0 N–H and O–H groups in total. The maximum Gasteiger partial charge on any atom is 0.306 e. The standard InChI is InChI=1S/C62H118NO8P/c1-6-8-10-12-14-16-18-20-22-24-26-27-28-29-30-31-32-33-34-35-37-38-40-42-44-46-48-50-52-54-61(64)68-58-60(59-70-72(66,67)69-57-56-63(3,4)5)71-62(65)55-53-51-49-47-45-43-41-39-36-25-23-21-19-17-15-13-11-9-7-2/h15,17,21,23-24,26,60H,6-14,16,18-20,22,25,27-59H2,1-5H3/b17-15-,23-21-,26-24-. The van der Waals surface area contributed by atoms with E-state index in [9.17, 15) is 19.0 Å². The number of likely N-dealkylation sites (N-methyl/N-ethyl adjacent to an activating group) is 1. The average Bonchev–Trinajstić information content (AvgIpc) is 3.34. The highest BCUT2D eigenvalue weighted by Crippen LogP contribution is 2.38. The number of phosphoric acid groups is 1. The van der Waals surface area contributed by atoms with E-state index in [-0.39, 0.29) is 32.0 Å². The Balaban J connectivity index is 4.06. The second-order valence-electron chi connectivity index (χ2n) is 22.1. The second kappa shape index (κ2) is 54.0. The van der Waals surface area contributed by atoms with Gasteiger partial charge in [0, 0.05) is 12.8 Å². The molecule has 9 nitrogen and oxygen atoms in total. The minimum atomic E-state index is -4.64. The van der Waals surface area contributed by atoms with Crippen molar-refractivity contribution in [2.45, 2.75) is 302 Å². The van der Waals surface area contributed by atoms with Crippen molar-refractivity contribution < 1.29 is 42.1 Å². The molecular weight excluding hydrogens is 918 g/mol. The molecule has 0 amide bonds. The van der Waals surface area contributed by atoms with Gasteiger partial charge in [-0.1, -0.05) is 249 Å². The van der Waals surface area contributed by atoms with E-state index in [1.807, 2.05) is 21.1 Å². The molecule has 10 heteroatoms. The van der Waals surface area contributed by atoms with E-state index >= 15 is 0 Å². The lowest BCUT2D eigenvalue weighted by Gasteiger charge is -2.28. The van der Waals surface area contributed by atoms with Crippen LogP contribution in [0.1, 0.15) is 296 Å². The first kappa shape index (κ1) is 70.2. The van der Waals surface area contributed by atoms with Crippen molar-refractivity contribution in [3.63, 3.8) is 0 Å². The minimum absolute atomic E-state index is 0.0303. The zero-order chi connectivity index (χ0) is 52.7. The van der Waals surface area contributed by atoms with E-state index < -0.39 is 26.5 Å². The molecule has 0 saturated heterocycles. The third kappa shape index (κ3) is 57.5. The average molecular weight is 1040 g/mol. The summed E-state index contributed by atoms with van der Waals surface area (Å²) in [6.45, 7) is 4.25. The van der Waals surface area contributed by atoms with E-state index in [2.05, 4.69) is 50.3 Å². The molecule has 2 atom stereocenters. The number of hydrogen-bond donors (Lipinski definition) is 0. The van der Waals surface area contributed by atoms with E-state index in [0.717, 1.165) is 51.4 Å². The lowest BCUT2D eigenvalue weighted by atomic mass is 10.0. The molecule has 0 aliphatic carbocycles. The molecule has 72 heavy (non-hydrogen) atoms. The fourth-order valence-electron chi connectivity index (χ4n) is 8.86. The van der Waals surface area contributed by atoms with Crippen molar-refractivity contribution in [3.05, 3.63) is 36.5 Å². The molecule has 0 rings (SSSR count). The summed E-state index contributed by atoms with van der Waals surface area (Å²) in [7, 11) is 1.17. The second-order valence-corrected chi connectivity index (χ2v) is 23.5. The zero-order valence-electron chi connectivity index (χ0n) is 48.1. The Labute approximate surface area is 446 Å². The van der Waals surface area contributed by atoms with Crippen LogP contribution < -0.4 is 4.89 Å². The van der Waals surface area contributed by atoms with Gasteiger partial charge in [-0.25, -0.2) is 0 Å². The van der Waals surface area contributed by atoms with E-state index in [4.69, 9.17) is 18.5 Å². The Bertz CT molecular complexity index is 1310. The lowest BCUT2D eigenvalue weighted by molar-refractivity contribution is -0.870. The van der Waals surface area contributed by atoms with Crippen molar-refractivity contribution >= 4 is 19.8 Å². The number of quaternary nitrogens is 1. The van der Waals surface area contributed by atoms with Gasteiger partial charge in [0.1, 0.15) is 19.8 Å². The molecule has 424 valence electrons. The Morgan fingerprint density at radius 2 is 0.750 bits per heavy atom. The summed E-state index contributed by atoms with van der Waals surface area (Å²) in [6, 6.07) is 0. The Morgan fingerprint density at radius 1 is 0.431 bits per heavy atom. The molecule has 0 spiro atoms. The van der Waals surface area contributed by atoms with Crippen molar-refractivity contribution in [1.82, 2.24) is 0 Å². The molecular formula is C62H118NO8P. The number of phosphoric ester groups is 1. The van der Waals surface area contributed by atoms with Crippen LogP contribution in [-0.4, -0.2) is 70.0 Å². The molecule has 2 unspecified atom stereocenters. The van der Waals surface area contributed by atoms with Crippen molar-refractivity contribution in [2.75, 3.05) is 47.5 Å². The number of carbonyl (C=O) groups is 2. The lowest BCUT2D eigenvalue weighted by Crippen LogP contribution is -2.37. The zero-order valence-corrected chi connectivity index (χ0v) is 49.0. The molecule has 0 bridgehead atoms. The predicted molar refractivity (Wildman–Crippen MR) is 305 cm³/mol. The van der Waals surface area contributed by atoms with E-state index in [1.165, 1.54) is 212 Å². The quantitative estimate of drug-likeness (QED) is 0.0195. The molecule has 0 aliphatic rings. The topological polar surface area (TPSA) is 111 Å². The van der Waals surface area contributed by atoms with E-state index in [1.54, 1.807) is 0 Å². The molecule has 0 saturated carbocycles. The predicted octanol–water partition coefficient (Wildman–Crippen LogP) is 18.5. The van der Waals surface area contributed by atoms with Crippen LogP contribution in [-0.2, 0) is 32.7 Å².